The fourth-order valence-corrected chi connectivity index (χ4v) is 2.61. The van der Waals surface area contributed by atoms with Gasteiger partial charge in [-0.15, -0.1) is 0 Å². The number of carbonyl (C=O) groups excluding carboxylic acids is 3. The van der Waals surface area contributed by atoms with Gasteiger partial charge in [0.15, 0.2) is 0 Å². The first-order valence-electron chi connectivity index (χ1n) is 6.66. The van der Waals surface area contributed by atoms with Crippen molar-refractivity contribution < 1.29 is 14.4 Å². The number of rotatable bonds is 4. The molecule has 1 unspecified atom stereocenters. The molecular weight excluding hydrogens is 248 g/mol. The molecule has 0 aromatic rings. The highest BCUT2D eigenvalue weighted by Crippen LogP contribution is 2.24. The molecule has 0 radical (unpaired) electrons. The highest BCUT2D eigenvalue weighted by molar-refractivity contribution is 6.09. The van der Waals surface area contributed by atoms with Crippen LogP contribution in [0.5, 0.6) is 0 Å². The van der Waals surface area contributed by atoms with Gasteiger partial charge in [-0.1, -0.05) is 0 Å². The van der Waals surface area contributed by atoms with Crippen molar-refractivity contribution in [2.45, 2.75) is 25.8 Å². The summed E-state index contributed by atoms with van der Waals surface area (Å²) in [6, 6.07) is -0.464. The van der Waals surface area contributed by atoms with Gasteiger partial charge in [-0.3, -0.25) is 14.5 Å². The first-order valence-corrected chi connectivity index (χ1v) is 6.66. The van der Waals surface area contributed by atoms with E-state index in [4.69, 9.17) is 0 Å². The second kappa shape index (κ2) is 5.16. The minimum absolute atomic E-state index is 0.173. The Balaban J connectivity index is 2.07. The maximum absolute atomic E-state index is 12.3. The zero-order chi connectivity index (χ0) is 14.0. The number of carbonyl (C=O) groups is 3. The Kier molecular flexibility index (Phi) is 3.75. The molecule has 2 heterocycles. The molecule has 2 fully saturated rings. The van der Waals surface area contributed by atoms with Crippen LogP contribution in [0.3, 0.4) is 0 Å². The van der Waals surface area contributed by atoms with Crippen LogP contribution in [-0.4, -0.2) is 65.9 Å². The molecule has 2 saturated heterocycles. The molecule has 19 heavy (non-hydrogen) atoms. The molecule has 0 aromatic carbocycles. The molecule has 0 saturated carbocycles. The molecule has 0 bridgehead atoms. The fourth-order valence-electron chi connectivity index (χ4n) is 2.61. The Morgan fingerprint density at radius 3 is 2.58 bits per heavy atom. The number of amides is 4. The molecule has 0 aromatic heterocycles. The van der Waals surface area contributed by atoms with E-state index in [9.17, 15) is 14.4 Å². The van der Waals surface area contributed by atoms with Crippen molar-refractivity contribution in [3.63, 3.8) is 0 Å². The normalized spacial score (nSPS) is 26.1. The van der Waals surface area contributed by atoms with Gasteiger partial charge in [0.1, 0.15) is 12.1 Å². The van der Waals surface area contributed by atoms with Crippen LogP contribution in [0.25, 0.3) is 0 Å². The average Bonchev–Trinajstić information content (AvgIpc) is 2.93. The number of hydrogen-bond acceptors (Lipinski definition) is 4. The summed E-state index contributed by atoms with van der Waals surface area (Å²) in [4.78, 5) is 38.8. The summed E-state index contributed by atoms with van der Waals surface area (Å²) in [5, 5.41) is 5.78. The van der Waals surface area contributed by atoms with Crippen molar-refractivity contribution in [2.24, 2.45) is 0 Å². The Bertz CT molecular complexity index is 400. The Morgan fingerprint density at radius 1 is 1.37 bits per heavy atom. The lowest BCUT2D eigenvalue weighted by Crippen LogP contribution is -2.49. The summed E-state index contributed by atoms with van der Waals surface area (Å²) in [6.07, 6.45) is 0.577. The molecule has 1 atom stereocenters. The topological polar surface area (TPSA) is 81.8 Å². The molecule has 1 spiro atoms. The van der Waals surface area contributed by atoms with Gasteiger partial charge in [0.05, 0.1) is 0 Å². The monoisotopic (exact) mass is 268 g/mol. The van der Waals surface area contributed by atoms with Crippen molar-refractivity contribution in [3.05, 3.63) is 0 Å². The number of nitrogens with zero attached hydrogens (tertiary/aromatic N) is 2. The third kappa shape index (κ3) is 2.30. The minimum Gasteiger partial charge on any atom is -0.342 e. The predicted octanol–water partition coefficient (Wildman–Crippen LogP) is -0.861. The first-order chi connectivity index (χ1) is 9.04. The van der Waals surface area contributed by atoms with Crippen LogP contribution in [0.2, 0.25) is 0 Å². The molecule has 2 aliphatic rings. The number of likely N-dealkylation sites (N-methyl/N-ethyl adjacent to an activating group) is 1. The number of nitrogens with one attached hydrogen (secondary N) is 2. The number of hydrogen-bond donors (Lipinski definition) is 2. The largest absolute Gasteiger partial charge is 0.342 e. The van der Waals surface area contributed by atoms with E-state index in [0.29, 0.717) is 32.6 Å². The third-order valence-electron chi connectivity index (χ3n) is 3.81. The summed E-state index contributed by atoms with van der Waals surface area (Å²) in [5.41, 5.74) is -0.833. The third-order valence-corrected chi connectivity index (χ3v) is 3.81. The van der Waals surface area contributed by atoms with Crippen LogP contribution < -0.4 is 10.6 Å². The lowest BCUT2D eigenvalue weighted by molar-refractivity contribution is -0.138. The molecule has 4 amide bonds. The molecular formula is C12H20N4O3. The van der Waals surface area contributed by atoms with Gasteiger partial charge in [0.25, 0.3) is 5.91 Å². The molecule has 2 aliphatic heterocycles. The quantitative estimate of drug-likeness (QED) is 0.650. The predicted molar refractivity (Wildman–Crippen MR) is 68.4 cm³/mol. The van der Waals surface area contributed by atoms with Gasteiger partial charge in [0.2, 0.25) is 5.91 Å². The summed E-state index contributed by atoms with van der Waals surface area (Å²) in [7, 11) is 0. The smallest absolute Gasteiger partial charge is 0.325 e. The molecule has 7 heteroatoms. The van der Waals surface area contributed by atoms with Gasteiger partial charge in [-0.05, 0) is 26.8 Å². The maximum atomic E-state index is 12.3. The van der Waals surface area contributed by atoms with Crippen LogP contribution in [-0.2, 0) is 9.59 Å². The van der Waals surface area contributed by atoms with Crippen molar-refractivity contribution in [2.75, 3.05) is 32.7 Å². The van der Waals surface area contributed by atoms with Crippen molar-refractivity contribution >= 4 is 17.8 Å². The van der Waals surface area contributed by atoms with E-state index < -0.39 is 11.6 Å². The summed E-state index contributed by atoms with van der Waals surface area (Å²) < 4.78 is 0. The van der Waals surface area contributed by atoms with Gasteiger partial charge in [-0.25, -0.2) is 4.79 Å². The number of urea groups is 1. The zero-order valence-corrected chi connectivity index (χ0v) is 11.4. The van der Waals surface area contributed by atoms with Crippen LogP contribution in [0.1, 0.15) is 20.3 Å². The van der Waals surface area contributed by atoms with E-state index in [1.54, 1.807) is 4.90 Å². The lowest BCUT2D eigenvalue weighted by Gasteiger charge is -2.22. The van der Waals surface area contributed by atoms with Crippen molar-refractivity contribution in [3.8, 4) is 0 Å². The minimum atomic E-state index is -0.833. The molecule has 106 valence electrons. The van der Waals surface area contributed by atoms with Gasteiger partial charge < -0.3 is 15.5 Å². The van der Waals surface area contributed by atoms with Crippen molar-refractivity contribution in [1.82, 2.24) is 20.4 Å². The SMILES string of the molecule is CCN(CC)C(=O)CN1C(=O)NC2(CCNC2)C1=O. The summed E-state index contributed by atoms with van der Waals surface area (Å²) in [5.74, 6) is -0.487. The average molecular weight is 268 g/mol. The van der Waals surface area contributed by atoms with E-state index in [1.807, 2.05) is 13.8 Å². The van der Waals surface area contributed by atoms with Gasteiger partial charge in [0, 0.05) is 19.6 Å². The van der Waals surface area contributed by atoms with Crippen LogP contribution >= 0.6 is 0 Å². The standard InChI is InChI=1S/C12H20N4O3/c1-3-15(4-2)9(17)7-16-10(18)12(14-11(16)19)5-6-13-8-12/h13H,3-8H2,1-2H3,(H,14,19). The van der Waals surface area contributed by atoms with Gasteiger partial charge in [-0.2, -0.15) is 0 Å². The van der Waals surface area contributed by atoms with E-state index in [0.717, 1.165) is 4.90 Å². The van der Waals surface area contributed by atoms with Crippen LogP contribution in [0.15, 0.2) is 0 Å². The second-order valence-corrected chi connectivity index (χ2v) is 4.90. The zero-order valence-electron chi connectivity index (χ0n) is 11.4. The molecule has 2 rings (SSSR count). The Hall–Kier alpha value is -1.63. The van der Waals surface area contributed by atoms with Gasteiger partial charge >= 0.3 is 6.03 Å². The lowest BCUT2D eigenvalue weighted by atomic mass is 9.99. The Morgan fingerprint density at radius 2 is 2.05 bits per heavy atom. The van der Waals surface area contributed by atoms with E-state index in [1.165, 1.54) is 0 Å². The molecule has 7 nitrogen and oxygen atoms in total. The first kappa shape index (κ1) is 13.8. The second-order valence-electron chi connectivity index (χ2n) is 4.90. The van der Waals surface area contributed by atoms with Crippen LogP contribution in [0, 0.1) is 0 Å². The number of imide groups is 1. The highest BCUT2D eigenvalue weighted by atomic mass is 16.2. The van der Waals surface area contributed by atoms with E-state index in [-0.39, 0.29) is 18.4 Å². The van der Waals surface area contributed by atoms with Crippen molar-refractivity contribution in [1.29, 1.82) is 0 Å². The maximum Gasteiger partial charge on any atom is 0.325 e. The van der Waals surface area contributed by atoms with E-state index >= 15 is 0 Å². The summed E-state index contributed by atoms with van der Waals surface area (Å²) >= 11 is 0. The highest BCUT2D eigenvalue weighted by Gasteiger charge is 2.53. The Labute approximate surface area is 112 Å². The molecule has 2 N–H and O–H groups in total. The summed E-state index contributed by atoms with van der Waals surface area (Å²) in [6.45, 7) is 5.86. The molecule has 0 aliphatic carbocycles. The van der Waals surface area contributed by atoms with Crippen LogP contribution in [0.4, 0.5) is 4.79 Å². The fraction of sp³-hybridized carbons (Fsp3) is 0.750. The van der Waals surface area contributed by atoms with E-state index in [2.05, 4.69) is 10.6 Å².